The average Bonchev–Trinajstić information content (AvgIpc) is 2.19. The first-order chi connectivity index (χ1) is 7.56. The van der Waals surface area contributed by atoms with Crippen molar-refractivity contribution in [2.24, 2.45) is 5.92 Å². The van der Waals surface area contributed by atoms with Gasteiger partial charge in [-0.2, -0.15) is 0 Å². The highest BCUT2D eigenvalue weighted by Crippen LogP contribution is 2.04. The van der Waals surface area contributed by atoms with Crippen LogP contribution in [0.1, 0.15) is 34.1 Å². The molecule has 4 heteroatoms. The topological polar surface area (TPSA) is 47.6 Å². The van der Waals surface area contributed by atoms with E-state index < -0.39 is 0 Å². The van der Waals surface area contributed by atoms with Gasteiger partial charge >= 0.3 is 0 Å². The molecule has 0 aromatic carbocycles. The maximum Gasteiger partial charge on any atom is 0.181 e. The minimum Gasteiger partial charge on any atom is -0.376 e. The predicted octanol–water partition coefficient (Wildman–Crippen LogP) is 2.25. The van der Waals surface area contributed by atoms with Crippen LogP contribution in [-0.2, 0) is 19.3 Å². The van der Waals surface area contributed by atoms with Crippen LogP contribution in [-0.4, -0.2) is 38.8 Å². The second kappa shape index (κ2) is 10.0. The van der Waals surface area contributed by atoms with E-state index in [-0.39, 0.29) is 19.0 Å². The second-order valence-corrected chi connectivity index (χ2v) is 4.47. The van der Waals surface area contributed by atoms with Gasteiger partial charge in [-0.15, -0.1) is 0 Å². The standard InChI is InChI=1S/C12H25O4/c1-10(2)8-15-12(16-11(3)4)9-14-7-5-6-13/h10-12H,5-9H2,1-4H3. The fourth-order valence-corrected chi connectivity index (χ4v) is 1.07. The molecule has 0 aliphatic heterocycles. The lowest BCUT2D eigenvalue weighted by molar-refractivity contribution is -0.193. The van der Waals surface area contributed by atoms with E-state index in [0.717, 1.165) is 0 Å². The molecule has 1 atom stereocenters. The Bertz CT molecular complexity index is 148. The summed E-state index contributed by atoms with van der Waals surface area (Å²) in [5.41, 5.74) is 0. The third-order valence-electron chi connectivity index (χ3n) is 1.73. The van der Waals surface area contributed by atoms with E-state index in [1.54, 1.807) is 0 Å². The molecule has 0 aromatic heterocycles. The SMILES string of the molecule is CC(C)COC(COCCC[O])OC(C)C. The molecular formula is C12H25O4. The molecule has 1 radical (unpaired) electrons. The molecule has 4 nitrogen and oxygen atoms in total. The normalized spacial score (nSPS) is 13.7. The molecular weight excluding hydrogens is 208 g/mol. The molecule has 97 valence electrons. The van der Waals surface area contributed by atoms with Crippen molar-refractivity contribution in [3.63, 3.8) is 0 Å². The van der Waals surface area contributed by atoms with Crippen molar-refractivity contribution in [2.75, 3.05) is 26.4 Å². The molecule has 0 aliphatic rings. The Morgan fingerprint density at radius 1 is 1.06 bits per heavy atom. The second-order valence-electron chi connectivity index (χ2n) is 4.47. The highest BCUT2D eigenvalue weighted by atomic mass is 16.7. The summed E-state index contributed by atoms with van der Waals surface area (Å²) in [5, 5.41) is 10.2. The zero-order valence-corrected chi connectivity index (χ0v) is 10.9. The van der Waals surface area contributed by atoms with Crippen LogP contribution < -0.4 is 0 Å². The smallest absolute Gasteiger partial charge is 0.181 e. The van der Waals surface area contributed by atoms with E-state index in [1.165, 1.54) is 0 Å². The van der Waals surface area contributed by atoms with Crippen LogP contribution in [0, 0.1) is 5.92 Å². The Balaban J connectivity index is 3.72. The van der Waals surface area contributed by atoms with Crippen molar-refractivity contribution in [2.45, 2.75) is 46.5 Å². The number of rotatable bonds is 10. The first-order valence-corrected chi connectivity index (χ1v) is 5.99. The molecule has 0 amide bonds. The van der Waals surface area contributed by atoms with Crippen molar-refractivity contribution in [1.82, 2.24) is 0 Å². The van der Waals surface area contributed by atoms with Crippen molar-refractivity contribution >= 4 is 0 Å². The van der Waals surface area contributed by atoms with Gasteiger partial charge in [-0.25, -0.2) is 5.11 Å². The van der Waals surface area contributed by atoms with E-state index in [0.29, 0.717) is 32.2 Å². The largest absolute Gasteiger partial charge is 0.376 e. The molecule has 0 heterocycles. The molecule has 0 aliphatic carbocycles. The Labute approximate surface area is 98.9 Å². The molecule has 16 heavy (non-hydrogen) atoms. The first-order valence-electron chi connectivity index (χ1n) is 5.99. The third kappa shape index (κ3) is 10.4. The molecule has 0 rings (SSSR count). The maximum atomic E-state index is 10.2. The monoisotopic (exact) mass is 233 g/mol. The third-order valence-corrected chi connectivity index (χ3v) is 1.73. The van der Waals surface area contributed by atoms with Gasteiger partial charge in [0.1, 0.15) is 0 Å². The fourth-order valence-electron chi connectivity index (χ4n) is 1.07. The molecule has 0 N–H and O–H groups in total. The van der Waals surface area contributed by atoms with Crippen LogP contribution in [0.4, 0.5) is 0 Å². The Morgan fingerprint density at radius 3 is 2.25 bits per heavy atom. The van der Waals surface area contributed by atoms with Crippen LogP contribution in [0.5, 0.6) is 0 Å². The Kier molecular flexibility index (Phi) is 9.92. The summed E-state index contributed by atoms with van der Waals surface area (Å²) in [6.45, 7) is 9.53. The van der Waals surface area contributed by atoms with Crippen molar-refractivity contribution in [3.05, 3.63) is 0 Å². The molecule has 0 saturated heterocycles. The van der Waals surface area contributed by atoms with E-state index in [2.05, 4.69) is 13.8 Å². The van der Waals surface area contributed by atoms with Gasteiger partial charge in [0.05, 0.1) is 25.9 Å². The van der Waals surface area contributed by atoms with Gasteiger partial charge in [0, 0.05) is 6.61 Å². The summed E-state index contributed by atoms with van der Waals surface area (Å²) >= 11 is 0. The van der Waals surface area contributed by atoms with Crippen LogP contribution in [0.3, 0.4) is 0 Å². The van der Waals surface area contributed by atoms with Crippen molar-refractivity contribution in [3.8, 4) is 0 Å². The minimum absolute atomic E-state index is 0.0947. The van der Waals surface area contributed by atoms with Crippen LogP contribution in [0.15, 0.2) is 0 Å². The molecule has 0 aromatic rings. The van der Waals surface area contributed by atoms with E-state index in [4.69, 9.17) is 14.2 Å². The summed E-state index contributed by atoms with van der Waals surface area (Å²) in [6.07, 6.45) is 0.327. The molecule has 0 saturated carbocycles. The van der Waals surface area contributed by atoms with Crippen molar-refractivity contribution in [1.29, 1.82) is 0 Å². The molecule has 0 spiro atoms. The summed E-state index contributed by atoms with van der Waals surface area (Å²) in [4.78, 5) is 0. The summed E-state index contributed by atoms with van der Waals surface area (Å²) in [6, 6.07) is 0. The van der Waals surface area contributed by atoms with Gasteiger partial charge in [0.25, 0.3) is 0 Å². The number of hydrogen-bond donors (Lipinski definition) is 0. The number of ether oxygens (including phenoxy) is 3. The molecule has 0 fully saturated rings. The summed E-state index contributed by atoms with van der Waals surface area (Å²) in [7, 11) is 0. The maximum absolute atomic E-state index is 10.2. The van der Waals surface area contributed by atoms with Gasteiger partial charge in [-0.05, 0) is 26.2 Å². The van der Waals surface area contributed by atoms with Gasteiger partial charge in [0.15, 0.2) is 6.29 Å². The van der Waals surface area contributed by atoms with E-state index >= 15 is 0 Å². The quantitative estimate of drug-likeness (QED) is 0.429. The Morgan fingerprint density at radius 2 is 1.75 bits per heavy atom. The molecule has 1 unspecified atom stereocenters. The van der Waals surface area contributed by atoms with Gasteiger partial charge in [-0.1, -0.05) is 13.8 Å². The predicted molar refractivity (Wildman–Crippen MR) is 61.8 cm³/mol. The zero-order chi connectivity index (χ0) is 12.4. The van der Waals surface area contributed by atoms with Gasteiger partial charge in [-0.3, -0.25) is 0 Å². The summed E-state index contributed by atoms with van der Waals surface area (Å²) < 4.78 is 16.4. The lowest BCUT2D eigenvalue weighted by atomic mass is 10.2. The van der Waals surface area contributed by atoms with Crippen LogP contribution in [0.25, 0.3) is 0 Å². The fraction of sp³-hybridized carbons (Fsp3) is 1.00. The average molecular weight is 233 g/mol. The Hall–Kier alpha value is -0.160. The summed E-state index contributed by atoms with van der Waals surface area (Å²) in [5.74, 6) is 0.472. The zero-order valence-electron chi connectivity index (χ0n) is 10.9. The van der Waals surface area contributed by atoms with E-state index in [9.17, 15) is 5.11 Å². The van der Waals surface area contributed by atoms with Gasteiger partial charge in [0.2, 0.25) is 0 Å². The lowest BCUT2D eigenvalue weighted by Crippen LogP contribution is -2.28. The highest BCUT2D eigenvalue weighted by Gasteiger charge is 2.12. The van der Waals surface area contributed by atoms with Crippen LogP contribution >= 0.6 is 0 Å². The first kappa shape index (κ1) is 15.8. The highest BCUT2D eigenvalue weighted by molar-refractivity contribution is 4.49. The minimum atomic E-state index is -0.325. The number of hydrogen-bond acceptors (Lipinski definition) is 3. The molecule has 0 bridgehead atoms. The van der Waals surface area contributed by atoms with Crippen LogP contribution in [0.2, 0.25) is 0 Å². The van der Waals surface area contributed by atoms with Gasteiger partial charge < -0.3 is 14.2 Å². The van der Waals surface area contributed by atoms with Crippen molar-refractivity contribution < 1.29 is 19.3 Å². The van der Waals surface area contributed by atoms with E-state index in [1.807, 2.05) is 13.8 Å². The lowest BCUT2D eigenvalue weighted by Gasteiger charge is -2.21.